The Morgan fingerprint density at radius 2 is 2.56 bits per heavy atom. The van der Waals surface area contributed by atoms with Gasteiger partial charge in [0, 0.05) is 7.11 Å². The minimum Gasteiger partial charge on any atom is -0.383 e. The average Bonchev–Trinajstić information content (AvgIpc) is 3.00. The molecule has 2 atom stereocenters. The summed E-state index contributed by atoms with van der Waals surface area (Å²) in [6.45, 7) is 1.49. The van der Waals surface area contributed by atoms with Gasteiger partial charge in [-0.2, -0.15) is 16.9 Å². The summed E-state index contributed by atoms with van der Waals surface area (Å²) in [5, 5.41) is 7.90. The summed E-state index contributed by atoms with van der Waals surface area (Å²) in [5.74, 6) is 3.19. The third-order valence-corrected chi connectivity index (χ3v) is 5.18. The maximum absolute atomic E-state index is 5.15. The topological polar surface area (TPSA) is 39.1 Å². The SMILES string of the molecule is CNC(c1c(Br)cnn1CCOC)C1CCSC1. The molecule has 1 aliphatic rings. The monoisotopic (exact) mass is 333 g/mol. The highest BCUT2D eigenvalue weighted by Gasteiger charge is 2.29. The zero-order chi connectivity index (χ0) is 13.0. The van der Waals surface area contributed by atoms with Gasteiger partial charge in [-0.05, 0) is 46.8 Å². The Hall–Kier alpha value is -0.0400. The van der Waals surface area contributed by atoms with Gasteiger partial charge in [0.1, 0.15) is 0 Å². The fourth-order valence-electron chi connectivity index (χ4n) is 2.45. The maximum atomic E-state index is 5.15. The Kier molecular flexibility index (Phi) is 5.54. The largest absolute Gasteiger partial charge is 0.383 e. The summed E-state index contributed by atoms with van der Waals surface area (Å²) in [7, 11) is 3.76. The lowest BCUT2D eigenvalue weighted by Crippen LogP contribution is -2.28. The molecule has 4 nitrogen and oxygen atoms in total. The minimum atomic E-state index is 0.369. The van der Waals surface area contributed by atoms with Crippen molar-refractivity contribution in [2.75, 3.05) is 32.3 Å². The Morgan fingerprint density at radius 3 is 3.17 bits per heavy atom. The molecule has 1 fully saturated rings. The average molecular weight is 334 g/mol. The number of methoxy groups -OCH3 is 1. The number of hydrogen-bond donors (Lipinski definition) is 1. The number of thioether (sulfide) groups is 1. The fraction of sp³-hybridized carbons (Fsp3) is 0.750. The first kappa shape index (κ1) is 14.4. The van der Waals surface area contributed by atoms with E-state index in [-0.39, 0.29) is 0 Å². The van der Waals surface area contributed by atoms with Gasteiger partial charge < -0.3 is 10.1 Å². The first-order valence-corrected chi connectivity index (χ1v) is 8.17. The van der Waals surface area contributed by atoms with Crippen molar-refractivity contribution in [1.29, 1.82) is 0 Å². The number of halogens is 1. The molecule has 102 valence electrons. The van der Waals surface area contributed by atoms with Crippen molar-refractivity contribution in [3.63, 3.8) is 0 Å². The van der Waals surface area contributed by atoms with Crippen LogP contribution in [0, 0.1) is 5.92 Å². The summed E-state index contributed by atoms with van der Waals surface area (Å²) in [5.41, 5.74) is 1.25. The molecule has 1 saturated heterocycles. The molecule has 1 N–H and O–H groups in total. The number of rotatable bonds is 6. The summed E-state index contributed by atoms with van der Waals surface area (Å²) in [4.78, 5) is 0. The Labute approximate surface area is 121 Å². The third kappa shape index (κ3) is 3.10. The standard InChI is InChI=1S/C12H20BrN3OS/c1-14-11(9-3-6-18-8-9)12-10(13)7-15-16(12)4-5-17-2/h7,9,11,14H,3-6,8H2,1-2H3. The van der Waals surface area contributed by atoms with Crippen molar-refractivity contribution < 1.29 is 4.74 Å². The van der Waals surface area contributed by atoms with E-state index in [4.69, 9.17) is 4.74 Å². The van der Waals surface area contributed by atoms with E-state index in [9.17, 15) is 0 Å². The molecule has 6 heteroatoms. The van der Waals surface area contributed by atoms with Gasteiger partial charge >= 0.3 is 0 Å². The smallest absolute Gasteiger partial charge is 0.0699 e. The lowest BCUT2D eigenvalue weighted by molar-refractivity contribution is 0.181. The molecule has 18 heavy (non-hydrogen) atoms. The van der Waals surface area contributed by atoms with Crippen LogP contribution < -0.4 is 5.32 Å². The Balaban J connectivity index is 2.20. The summed E-state index contributed by atoms with van der Waals surface area (Å²) >= 11 is 5.67. The molecule has 0 aromatic carbocycles. The van der Waals surface area contributed by atoms with Crippen molar-refractivity contribution in [2.45, 2.75) is 19.0 Å². The third-order valence-electron chi connectivity index (χ3n) is 3.38. The van der Waals surface area contributed by atoms with Gasteiger partial charge in [-0.15, -0.1) is 0 Å². The Morgan fingerprint density at radius 1 is 1.72 bits per heavy atom. The van der Waals surface area contributed by atoms with Crippen molar-refractivity contribution >= 4 is 27.7 Å². The van der Waals surface area contributed by atoms with Crippen LogP contribution in [0.1, 0.15) is 18.2 Å². The lowest BCUT2D eigenvalue weighted by atomic mass is 9.96. The van der Waals surface area contributed by atoms with Crippen LogP contribution in [-0.4, -0.2) is 42.1 Å². The highest BCUT2D eigenvalue weighted by Crippen LogP contribution is 2.36. The number of ether oxygens (including phenoxy) is 1. The molecule has 0 amide bonds. The molecule has 1 aromatic rings. The molecular weight excluding hydrogens is 314 g/mol. The molecule has 1 aliphatic heterocycles. The number of nitrogens with one attached hydrogen (secondary N) is 1. The molecule has 1 aromatic heterocycles. The van der Waals surface area contributed by atoms with E-state index >= 15 is 0 Å². The van der Waals surface area contributed by atoms with Crippen LogP contribution in [0.5, 0.6) is 0 Å². The lowest BCUT2D eigenvalue weighted by Gasteiger charge is -2.24. The van der Waals surface area contributed by atoms with Gasteiger partial charge in [0.25, 0.3) is 0 Å². The molecule has 0 radical (unpaired) electrons. The molecule has 2 heterocycles. The van der Waals surface area contributed by atoms with Crippen LogP contribution in [0.25, 0.3) is 0 Å². The van der Waals surface area contributed by atoms with Crippen LogP contribution in [-0.2, 0) is 11.3 Å². The van der Waals surface area contributed by atoms with E-state index < -0.39 is 0 Å². The van der Waals surface area contributed by atoms with Gasteiger partial charge in [0.2, 0.25) is 0 Å². The van der Waals surface area contributed by atoms with Gasteiger partial charge in [0.05, 0.1) is 35.6 Å². The minimum absolute atomic E-state index is 0.369. The summed E-state index contributed by atoms with van der Waals surface area (Å²) < 4.78 is 8.29. The van der Waals surface area contributed by atoms with E-state index in [1.54, 1.807) is 7.11 Å². The van der Waals surface area contributed by atoms with Crippen LogP contribution >= 0.6 is 27.7 Å². The second kappa shape index (κ2) is 6.93. The quantitative estimate of drug-likeness (QED) is 0.867. The molecule has 0 spiro atoms. The molecule has 0 aliphatic carbocycles. The Bertz CT molecular complexity index is 379. The van der Waals surface area contributed by atoms with Gasteiger partial charge in [-0.25, -0.2) is 0 Å². The van der Waals surface area contributed by atoms with Crippen molar-refractivity contribution in [3.05, 3.63) is 16.4 Å². The highest BCUT2D eigenvalue weighted by molar-refractivity contribution is 9.10. The summed E-state index contributed by atoms with van der Waals surface area (Å²) in [6.07, 6.45) is 3.16. The normalized spacial score (nSPS) is 21.4. The summed E-state index contributed by atoms with van der Waals surface area (Å²) in [6, 6.07) is 0.369. The van der Waals surface area contributed by atoms with E-state index in [0.29, 0.717) is 18.6 Å². The molecule has 0 bridgehead atoms. The van der Waals surface area contributed by atoms with E-state index in [1.165, 1.54) is 23.6 Å². The van der Waals surface area contributed by atoms with Crippen molar-refractivity contribution in [1.82, 2.24) is 15.1 Å². The van der Waals surface area contributed by atoms with Crippen LogP contribution in [0.2, 0.25) is 0 Å². The molecule has 0 saturated carbocycles. The molecule has 2 rings (SSSR count). The fourth-order valence-corrected chi connectivity index (χ4v) is 4.29. The van der Waals surface area contributed by atoms with Gasteiger partial charge in [-0.3, -0.25) is 4.68 Å². The van der Waals surface area contributed by atoms with Crippen LogP contribution in [0.3, 0.4) is 0 Å². The van der Waals surface area contributed by atoms with Crippen molar-refractivity contribution in [3.8, 4) is 0 Å². The number of nitrogens with zero attached hydrogens (tertiary/aromatic N) is 2. The number of aromatic nitrogens is 2. The second-order valence-electron chi connectivity index (χ2n) is 4.48. The van der Waals surface area contributed by atoms with Gasteiger partial charge in [0.15, 0.2) is 0 Å². The van der Waals surface area contributed by atoms with Gasteiger partial charge in [-0.1, -0.05) is 0 Å². The first-order chi connectivity index (χ1) is 8.77. The molecular formula is C12H20BrN3OS. The van der Waals surface area contributed by atoms with Crippen molar-refractivity contribution in [2.24, 2.45) is 5.92 Å². The highest BCUT2D eigenvalue weighted by atomic mass is 79.9. The first-order valence-electron chi connectivity index (χ1n) is 6.23. The van der Waals surface area contributed by atoms with E-state index in [0.717, 1.165) is 11.0 Å². The number of hydrogen-bond acceptors (Lipinski definition) is 4. The van der Waals surface area contributed by atoms with E-state index in [1.807, 2.05) is 25.0 Å². The molecule has 2 unspecified atom stereocenters. The van der Waals surface area contributed by atoms with E-state index in [2.05, 4.69) is 31.0 Å². The predicted octanol–water partition coefficient (Wildman–Crippen LogP) is 2.31. The van der Waals surface area contributed by atoms with Crippen LogP contribution in [0.4, 0.5) is 0 Å². The zero-order valence-corrected chi connectivity index (χ0v) is 13.3. The zero-order valence-electron chi connectivity index (χ0n) is 10.9. The second-order valence-corrected chi connectivity index (χ2v) is 6.49. The maximum Gasteiger partial charge on any atom is 0.0699 e. The predicted molar refractivity (Wildman–Crippen MR) is 79.0 cm³/mol. The van der Waals surface area contributed by atoms with Crippen LogP contribution in [0.15, 0.2) is 10.7 Å².